The minimum absolute atomic E-state index is 0.0756. The summed E-state index contributed by atoms with van der Waals surface area (Å²) in [5.74, 6) is -0.0826. The van der Waals surface area contributed by atoms with Gasteiger partial charge in [-0.05, 0) is 19.8 Å². The SMILES string of the molecule is CC(NC(=O)CC1(O)CCCCC1)c1cnn(C)c1. The van der Waals surface area contributed by atoms with E-state index in [9.17, 15) is 9.90 Å². The maximum absolute atomic E-state index is 12.0. The van der Waals surface area contributed by atoms with Gasteiger partial charge in [0.15, 0.2) is 0 Å². The van der Waals surface area contributed by atoms with Crippen molar-refractivity contribution in [1.82, 2.24) is 15.1 Å². The lowest BCUT2D eigenvalue weighted by Gasteiger charge is -2.31. The zero-order valence-corrected chi connectivity index (χ0v) is 11.7. The smallest absolute Gasteiger partial charge is 0.223 e. The van der Waals surface area contributed by atoms with Gasteiger partial charge in [-0.25, -0.2) is 0 Å². The molecular formula is C14H23N3O2. The van der Waals surface area contributed by atoms with Crippen molar-refractivity contribution in [3.05, 3.63) is 18.0 Å². The quantitative estimate of drug-likeness (QED) is 0.870. The summed E-state index contributed by atoms with van der Waals surface area (Å²) in [4.78, 5) is 12.0. The average molecular weight is 265 g/mol. The van der Waals surface area contributed by atoms with Crippen LogP contribution in [0.2, 0.25) is 0 Å². The molecule has 1 heterocycles. The molecule has 1 aliphatic rings. The minimum atomic E-state index is -0.795. The Morgan fingerprint density at radius 1 is 1.53 bits per heavy atom. The van der Waals surface area contributed by atoms with Gasteiger partial charge in [-0.1, -0.05) is 19.3 Å². The highest BCUT2D eigenvalue weighted by Crippen LogP contribution is 2.30. The zero-order valence-electron chi connectivity index (χ0n) is 11.7. The molecule has 1 saturated carbocycles. The first-order valence-electron chi connectivity index (χ1n) is 6.99. The molecule has 1 unspecified atom stereocenters. The Kier molecular flexibility index (Phi) is 4.24. The fourth-order valence-corrected chi connectivity index (χ4v) is 2.73. The van der Waals surface area contributed by atoms with E-state index >= 15 is 0 Å². The van der Waals surface area contributed by atoms with Crippen molar-refractivity contribution in [2.75, 3.05) is 0 Å². The monoisotopic (exact) mass is 265 g/mol. The van der Waals surface area contributed by atoms with Gasteiger partial charge in [0.25, 0.3) is 0 Å². The summed E-state index contributed by atoms with van der Waals surface area (Å²) in [5, 5.41) is 17.4. The van der Waals surface area contributed by atoms with Crippen molar-refractivity contribution in [2.45, 2.75) is 57.1 Å². The van der Waals surface area contributed by atoms with Crippen LogP contribution in [-0.4, -0.2) is 26.4 Å². The van der Waals surface area contributed by atoms with Gasteiger partial charge in [-0.3, -0.25) is 9.48 Å². The molecule has 5 nitrogen and oxygen atoms in total. The van der Waals surface area contributed by atoms with E-state index in [2.05, 4.69) is 10.4 Å². The Hall–Kier alpha value is -1.36. The molecule has 1 atom stereocenters. The number of nitrogens with zero attached hydrogens (tertiary/aromatic N) is 2. The zero-order chi connectivity index (χ0) is 13.9. The highest BCUT2D eigenvalue weighted by molar-refractivity contribution is 5.77. The van der Waals surface area contributed by atoms with Crippen molar-refractivity contribution in [2.24, 2.45) is 7.05 Å². The average Bonchev–Trinajstić information content (AvgIpc) is 2.76. The largest absolute Gasteiger partial charge is 0.389 e. The van der Waals surface area contributed by atoms with E-state index in [1.165, 1.54) is 0 Å². The van der Waals surface area contributed by atoms with Crippen molar-refractivity contribution < 1.29 is 9.90 Å². The fourth-order valence-electron chi connectivity index (χ4n) is 2.73. The number of hydrogen-bond donors (Lipinski definition) is 2. The first-order valence-corrected chi connectivity index (χ1v) is 6.99. The summed E-state index contributed by atoms with van der Waals surface area (Å²) >= 11 is 0. The number of carbonyl (C=O) groups is 1. The third-order valence-electron chi connectivity index (χ3n) is 3.88. The van der Waals surface area contributed by atoms with Crippen molar-refractivity contribution >= 4 is 5.91 Å². The highest BCUT2D eigenvalue weighted by atomic mass is 16.3. The second kappa shape index (κ2) is 5.74. The van der Waals surface area contributed by atoms with Crippen LogP contribution in [0.25, 0.3) is 0 Å². The van der Waals surface area contributed by atoms with Crippen molar-refractivity contribution in [3.63, 3.8) is 0 Å². The molecule has 19 heavy (non-hydrogen) atoms. The number of hydrogen-bond acceptors (Lipinski definition) is 3. The van der Waals surface area contributed by atoms with E-state index in [1.54, 1.807) is 10.9 Å². The van der Waals surface area contributed by atoms with Crippen molar-refractivity contribution in [1.29, 1.82) is 0 Å². The third-order valence-corrected chi connectivity index (χ3v) is 3.88. The fraction of sp³-hybridized carbons (Fsp3) is 0.714. The Labute approximate surface area is 114 Å². The second-order valence-corrected chi connectivity index (χ2v) is 5.70. The van der Waals surface area contributed by atoms with Crippen LogP contribution < -0.4 is 5.32 Å². The van der Waals surface area contributed by atoms with Crippen LogP contribution in [0.4, 0.5) is 0 Å². The lowest BCUT2D eigenvalue weighted by atomic mass is 9.82. The van der Waals surface area contributed by atoms with Crippen LogP contribution in [-0.2, 0) is 11.8 Å². The molecule has 2 N–H and O–H groups in total. The molecule has 1 aliphatic carbocycles. The standard InChI is InChI=1S/C14H23N3O2/c1-11(12-9-15-17(2)10-12)16-13(18)8-14(19)6-4-3-5-7-14/h9-11,19H,3-8H2,1-2H3,(H,16,18). The molecule has 0 bridgehead atoms. The van der Waals surface area contributed by atoms with Gasteiger partial charge in [0.1, 0.15) is 0 Å². The van der Waals surface area contributed by atoms with Gasteiger partial charge in [0.05, 0.1) is 24.3 Å². The lowest BCUT2D eigenvalue weighted by molar-refractivity contribution is -0.128. The molecule has 0 aliphatic heterocycles. The summed E-state index contributed by atoms with van der Waals surface area (Å²) in [6.45, 7) is 1.93. The Morgan fingerprint density at radius 3 is 2.79 bits per heavy atom. The number of carbonyl (C=O) groups excluding carboxylic acids is 1. The van der Waals surface area contributed by atoms with Crippen LogP contribution in [0.5, 0.6) is 0 Å². The van der Waals surface area contributed by atoms with E-state index in [1.807, 2.05) is 20.2 Å². The van der Waals surface area contributed by atoms with Crippen molar-refractivity contribution in [3.8, 4) is 0 Å². The highest BCUT2D eigenvalue weighted by Gasteiger charge is 2.32. The van der Waals surface area contributed by atoms with E-state index in [0.29, 0.717) is 0 Å². The number of amides is 1. The number of aromatic nitrogens is 2. The summed E-state index contributed by atoms with van der Waals surface area (Å²) in [5.41, 5.74) is 0.184. The summed E-state index contributed by atoms with van der Waals surface area (Å²) in [6, 6.07) is -0.0756. The van der Waals surface area contributed by atoms with E-state index in [0.717, 1.165) is 37.7 Å². The van der Waals surface area contributed by atoms with Crippen LogP contribution in [0.15, 0.2) is 12.4 Å². The Balaban J connectivity index is 1.87. The molecule has 0 aromatic carbocycles. The number of rotatable bonds is 4. The maximum atomic E-state index is 12.0. The van der Waals surface area contributed by atoms with Crippen LogP contribution in [0.1, 0.15) is 57.1 Å². The normalized spacial score (nSPS) is 19.9. The molecule has 106 valence electrons. The number of aryl methyl sites for hydroxylation is 1. The van der Waals surface area contributed by atoms with Gasteiger partial charge in [0, 0.05) is 18.8 Å². The molecule has 0 radical (unpaired) electrons. The molecule has 1 fully saturated rings. The summed E-state index contributed by atoms with van der Waals surface area (Å²) in [6.07, 6.45) is 8.52. The number of nitrogens with one attached hydrogen (secondary N) is 1. The first kappa shape index (κ1) is 14.1. The van der Waals surface area contributed by atoms with Gasteiger partial charge >= 0.3 is 0 Å². The van der Waals surface area contributed by atoms with E-state index < -0.39 is 5.60 Å². The predicted octanol–water partition coefficient (Wildman–Crippen LogP) is 1.68. The molecule has 2 rings (SSSR count). The van der Waals surface area contributed by atoms with Gasteiger partial charge in [0.2, 0.25) is 5.91 Å². The maximum Gasteiger partial charge on any atom is 0.223 e. The molecule has 1 amide bonds. The Bertz CT molecular complexity index is 436. The van der Waals surface area contributed by atoms with Crippen LogP contribution in [0, 0.1) is 0 Å². The van der Waals surface area contributed by atoms with E-state index in [4.69, 9.17) is 0 Å². The first-order chi connectivity index (χ1) is 8.98. The number of aliphatic hydroxyl groups is 1. The molecule has 5 heteroatoms. The van der Waals surface area contributed by atoms with Crippen LogP contribution in [0.3, 0.4) is 0 Å². The topological polar surface area (TPSA) is 67.2 Å². The van der Waals surface area contributed by atoms with E-state index in [-0.39, 0.29) is 18.4 Å². The Morgan fingerprint density at radius 2 is 2.21 bits per heavy atom. The predicted molar refractivity (Wildman–Crippen MR) is 72.4 cm³/mol. The molecule has 0 spiro atoms. The molecule has 1 aromatic rings. The minimum Gasteiger partial charge on any atom is -0.389 e. The van der Waals surface area contributed by atoms with Gasteiger partial charge in [-0.2, -0.15) is 5.10 Å². The lowest BCUT2D eigenvalue weighted by Crippen LogP contribution is -2.39. The van der Waals surface area contributed by atoms with Crippen LogP contribution >= 0.6 is 0 Å². The van der Waals surface area contributed by atoms with Gasteiger partial charge < -0.3 is 10.4 Å². The molecule has 0 saturated heterocycles. The van der Waals surface area contributed by atoms with Gasteiger partial charge in [-0.15, -0.1) is 0 Å². The second-order valence-electron chi connectivity index (χ2n) is 5.70. The molecular weight excluding hydrogens is 242 g/mol. The summed E-state index contributed by atoms with van der Waals surface area (Å²) in [7, 11) is 1.85. The summed E-state index contributed by atoms with van der Waals surface area (Å²) < 4.78 is 1.71. The third kappa shape index (κ3) is 3.80. The molecule has 1 aromatic heterocycles.